The number of rotatable bonds is 4. The second-order valence-electron chi connectivity index (χ2n) is 9.99. The minimum atomic E-state index is -1.07. The number of pyridine rings is 1. The second kappa shape index (κ2) is 8.37. The Morgan fingerprint density at radius 1 is 1.26 bits per heavy atom. The topological polar surface area (TPSA) is 105 Å². The van der Waals surface area contributed by atoms with E-state index in [1.807, 2.05) is 19.1 Å². The first kappa shape index (κ1) is 22.1. The van der Waals surface area contributed by atoms with Crippen molar-refractivity contribution >= 4 is 22.8 Å². The predicted molar refractivity (Wildman–Crippen MR) is 129 cm³/mol. The fourth-order valence-electron chi connectivity index (χ4n) is 6.37. The molecule has 0 bridgehead atoms. The summed E-state index contributed by atoms with van der Waals surface area (Å²) in [5.74, 6) is -0.236. The lowest BCUT2D eigenvalue weighted by molar-refractivity contribution is -0.177. The van der Waals surface area contributed by atoms with Gasteiger partial charge in [0.25, 0.3) is 0 Å². The number of hydrogen-bond acceptors (Lipinski definition) is 6. The number of carbonyl (C=O) groups excluding carboxylic acids is 1. The van der Waals surface area contributed by atoms with Crippen LogP contribution in [0, 0.1) is 12.8 Å². The Bertz CT molecular complexity index is 1330. The number of nitrogens with one attached hydrogen (secondary N) is 1. The number of esters is 1. The third-order valence-electron chi connectivity index (χ3n) is 7.94. The lowest BCUT2D eigenvalue weighted by Gasteiger charge is -2.56. The summed E-state index contributed by atoms with van der Waals surface area (Å²) in [6.07, 6.45) is 9.43. The van der Waals surface area contributed by atoms with Crippen molar-refractivity contribution in [3.63, 3.8) is 0 Å². The van der Waals surface area contributed by atoms with Crippen LogP contribution in [0.1, 0.15) is 69.6 Å². The van der Waals surface area contributed by atoms with Gasteiger partial charge in [-0.05, 0) is 57.2 Å². The van der Waals surface area contributed by atoms with Crippen LogP contribution >= 0.6 is 0 Å². The SMILES string of the molecule is Cc1[nH]c2ccc3c(c2c1C(=O)OCc1cncc(C(=O)O)c1)CC1CCCN2CCCCC12O3. The van der Waals surface area contributed by atoms with Gasteiger partial charge in [-0.25, -0.2) is 9.59 Å². The smallest absolute Gasteiger partial charge is 0.340 e. The minimum Gasteiger partial charge on any atom is -0.478 e. The average Bonchev–Trinajstić information content (AvgIpc) is 3.21. The van der Waals surface area contributed by atoms with Gasteiger partial charge in [0.1, 0.15) is 12.4 Å². The van der Waals surface area contributed by atoms with Crippen LogP contribution in [-0.2, 0) is 17.8 Å². The summed E-state index contributed by atoms with van der Waals surface area (Å²) >= 11 is 0. The Morgan fingerprint density at radius 2 is 2.11 bits per heavy atom. The van der Waals surface area contributed by atoms with Gasteiger partial charge >= 0.3 is 11.9 Å². The zero-order valence-electron chi connectivity index (χ0n) is 19.8. The number of aromatic amines is 1. The van der Waals surface area contributed by atoms with Gasteiger partial charge in [-0.3, -0.25) is 9.88 Å². The number of aromatic nitrogens is 2. The lowest BCUT2D eigenvalue weighted by atomic mass is 9.74. The summed E-state index contributed by atoms with van der Waals surface area (Å²) < 4.78 is 12.5. The monoisotopic (exact) mass is 475 g/mol. The van der Waals surface area contributed by atoms with Crippen molar-refractivity contribution in [2.75, 3.05) is 13.1 Å². The van der Waals surface area contributed by atoms with Crippen LogP contribution in [0.5, 0.6) is 5.75 Å². The van der Waals surface area contributed by atoms with E-state index in [0.717, 1.165) is 60.3 Å². The average molecular weight is 476 g/mol. The molecule has 2 atom stereocenters. The van der Waals surface area contributed by atoms with Crippen LogP contribution < -0.4 is 4.74 Å². The Hall–Kier alpha value is -3.39. The predicted octanol–water partition coefficient (Wildman–Crippen LogP) is 4.45. The van der Waals surface area contributed by atoms with E-state index in [1.54, 1.807) is 0 Å². The minimum absolute atomic E-state index is 0.0503. The fourth-order valence-corrected chi connectivity index (χ4v) is 6.37. The molecule has 5 heterocycles. The summed E-state index contributed by atoms with van der Waals surface area (Å²) in [4.78, 5) is 34.4. The quantitative estimate of drug-likeness (QED) is 0.537. The maximum atomic E-state index is 13.3. The van der Waals surface area contributed by atoms with Gasteiger partial charge in [-0.1, -0.05) is 0 Å². The van der Waals surface area contributed by atoms with E-state index in [9.17, 15) is 14.7 Å². The maximum Gasteiger partial charge on any atom is 0.340 e. The van der Waals surface area contributed by atoms with Crippen molar-refractivity contribution in [1.29, 1.82) is 0 Å². The van der Waals surface area contributed by atoms with Gasteiger partial charge in [0.2, 0.25) is 0 Å². The molecule has 0 amide bonds. The van der Waals surface area contributed by atoms with E-state index in [0.29, 0.717) is 17.0 Å². The lowest BCUT2D eigenvalue weighted by Crippen LogP contribution is -2.64. The van der Waals surface area contributed by atoms with Crippen LogP contribution in [0.3, 0.4) is 0 Å². The number of aryl methyl sites for hydroxylation is 1. The number of carboxylic acids is 1. The number of hydrogen-bond donors (Lipinski definition) is 2. The third kappa shape index (κ3) is 3.58. The summed E-state index contributed by atoms with van der Waals surface area (Å²) in [5, 5.41) is 10.1. The molecule has 6 rings (SSSR count). The van der Waals surface area contributed by atoms with E-state index in [1.165, 1.54) is 37.7 Å². The highest BCUT2D eigenvalue weighted by Gasteiger charge is 2.52. The molecule has 1 spiro atoms. The fraction of sp³-hybridized carbons (Fsp3) is 0.444. The number of ether oxygens (including phenoxy) is 2. The molecule has 0 radical (unpaired) electrons. The standard InChI is InChI=1S/C27H29N3O5/c1-16-23(26(33)34-15-17-11-18(25(31)32)14-28-13-17)24-20-12-19-5-4-10-30-9-3-2-8-27(19,30)35-22(20)7-6-21(24)29-16/h6-7,11,13-14,19,29H,2-5,8-10,12,15H2,1H3,(H,31,32). The van der Waals surface area contributed by atoms with Gasteiger partial charge in [0, 0.05) is 65.5 Å². The van der Waals surface area contributed by atoms with E-state index in [-0.39, 0.29) is 17.9 Å². The summed E-state index contributed by atoms with van der Waals surface area (Å²) in [6.45, 7) is 4.01. The largest absolute Gasteiger partial charge is 0.478 e. The zero-order chi connectivity index (χ0) is 24.2. The molecule has 3 aliphatic heterocycles. The van der Waals surface area contributed by atoms with Crippen molar-refractivity contribution in [1.82, 2.24) is 14.9 Å². The summed E-state index contributed by atoms with van der Waals surface area (Å²) in [7, 11) is 0. The van der Waals surface area contributed by atoms with E-state index in [4.69, 9.17) is 9.47 Å². The molecule has 8 heteroatoms. The first-order chi connectivity index (χ1) is 17.0. The van der Waals surface area contributed by atoms with E-state index >= 15 is 0 Å². The molecule has 3 aliphatic rings. The number of fused-ring (bicyclic) bond motifs is 3. The molecule has 2 N–H and O–H groups in total. The van der Waals surface area contributed by atoms with Crippen molar-refractivity contribution in [3.8, 4) is 5.75 Å². The molecule has 2 unspecified atom stereocenters. The summed E-state index contributed by atoms with van der Waals surface area (Å²) in [6, 6.07) is 5.50. The van der Waals surface area contributed by atoms with Crippen LogP contribution in [0.15, 0.2) is 30.6 Å². The normalized spacial score (nSPS) is 23.6. The molecular formula is C27H29N3O5. The molecule has 182 valence electrons. The number of nitrogens with zero attached hydrogens (tertiary/aromatic N) is 2. The molecule has 1 aromatic carbocycles. The van der Waals surface area contributed by atoms with Crippen molar-refractivity contribution < 1.29 is 24.2 Å². The van der Waals surface area contributed by atoms with Gasteiger partial charge in [-0.2, -0.15) is 0 Å². The van der Waals surface area contributed by atoms with Gasteiger partial charge in [0.15, 0.2) is 5.72 Å². The van der Waals surface area contributed by atoms with E-state index in [2.05, 4.69) is 14.9 Å². The first-order valence-corrected chi connectivity index (χ1v) is 12.4. The zero-order valence-corrected chi connectivity index (χ0v) is 19.8. The number of carbonyl (C=O) groups is 2. The van der Waals surface area contributed by atoms with Gasteiger partial charge in [-0.15, -0.1) is 0 Å². The molecular weight excluding hydrogens is 446 g/mol. The molecule has 2 aromatic heterocycles. The van der Waals surface area contributed by atoms with Crippen LogP contribution in [0.25, 0.3) is 10.9 Å². The Balaban J connectivity index is 1.34. The number of aromatic carboxylic acids is 1. The third-order valence-corrected chi connectivity index (χ3v) is 7.94. The molecule has 0 aliphatic carbocycles. The molecule has 2 saturated heterocycles. The molecule has 2 fully saturated rings. The Kier molecular flexibility index (Phi) is 5.29. The molecule has 3 aromatic rings. The first-order valence-electron chi connectivity index (χ1n) is 12.4. The number of benzene rings is 1. The highest BCUT2D eigenvalue weighted by Crippen LogP contribution is 2.50. The maximum absolute atomic E-state index is 13.3. The molecule has 8 nitrogen and oxygen atoms in total. The molecule has 0 saturated carbocycles. The van der Waals surface area contributed by atoms with Crippen molar-refractivity contribution in [3.05, 3.63) is 58.5 Å². The van der Waals surface area contributed by atoms with E-state index < -0.39 is 11.9 Å². The van der Waals surface area contributed by atoms with Crippen LogP contribution in [0.2, 0.25) is 0 Å². The number of H-pyrrole nitrogens is 1. The Morgan fingerprint density at radius 3 is 2.97 bits per heavy atom. The Labute approximate surface area is 203 Å². The molecule has 35 heavy (non-hydrogen) atoms. The summed E-state index contributed by atoms with van der Waals surface area (Å²) in [5.41, 5.74) is 3.63. The van der Waals surface area contributed by atoms with Gasteiger partial charge < -0.3 is 19.6 Å². The highest BCUT2D eigenvalue weighted by molar-refractivity contribution is 6.07. The number of piperidine rings is 2. The second-order valence-corrected chi connectivity index (χ2v) is 9.99. The van der Waals surface area contributed by atoms with Crippen LogP contribution in [0.4, 0.5) is 0 Å². The van der Waals surface area contributed by atoms with Gasteiger partial charge in [0.05, 0.1) is 11.1 Å². The number of carboxylic acid groups (broad SMARTS) is 1. The van der Waals surface area contributed by atoms with Crippen molar-refractivity contribution in [2.45, 2.75) is 57.8 Å². The van der Waals surface area contributed by atoms with Crippen LogP contribution in [-0.4, -0.2) is 50.7 Å². The van der Waals surface area contributed by atoms with Crippen molar-refractivity contribution in [2.24, 2.45) is 5.92 Å². The highest BCUT2D eigenvalue weighted by atomic mass is 16.5.